The number of nitrogens with one attached hydrogen (secondary N) is 2. The molecule has 1 aromatic heterocycles. The van der Waals surface area contributed by atoms with E-state index in [2.05, 4.69) is 28.9 Å². The van der Waals surface area contributed by atoms with Crippen LogP contribution in [0.1, 0.15) is 45.9 Å². The lowest BCUT2D eigenvalue weighted by atomic mass is 9.96. The Morgan fingerprint density at radius 2 is 1.83 bits per heavy atom. The number of carbonyl (C=O) groups excluding carboxylic acids is 1. The number of nitrogens with zero attached hydrogens (tertiary/aromatic N) is 1. The third-order valence-corrected chi connectivity index (χ3v) is 7.81. The van der Waals surface area contributed by atoms with Crippen LogP contribution in [0.5, 0.6) is 5.75 Å². The van der Waals surface area contributed by atoms with Crippen molar-refractivity contribution in [2.75, 3.05) is 17.1 Å². The van der Waals surface area contributed by atoms with E-state index in [1.807, 2.05) is 45.9 Å². The summed E-state index contributed by atoms with van der Waals surface area (Å²) in [5, 5.41) is 3.32. The summed E-state index contributed by atoms with van der Waals surface area (Å²) in [7, 11) is -2.51. The van der Waals surface area contributed by atoms with Gasteiger partial charge in [0, 0.05) is 5.41 Å². The van der Waals surface area contributed by atoms with Crippen LogP contribution in [0.3, 0.4) is 0 Å². The fourth-order valence-corrected chi connectivity index (χ4v) is 5.72. The third kappa shape index (κ3) is 6.41. The molecule has 1 heterocycles. The predicted molar refractivity (Wildman–Crippen MR) is 143 cm³/mol. The Hall–Kier alpha value is -2.91. The van der Waals surface area contributed by atoms with Gasteiger partial charge >= 0.3 is 0 Å². The summed E-state index contributed by atoms with van der Waals surface area (Å²) < 4.78 is 35.1. The molecule has 0 spiro atoms. The van der Waals surface area contributed by atoms with Gasteiger partial charge < -0.3 is 10.1 Å². The minimum absolute atomic E-state index is 0.0323. The molecule has 3 aromatic rings. The molecule has 0 saturated carbocycles. The number of aryl methyl sites for hydroxylation is 1. The molecule has 3 rings (SSSR count). The molecule has 0 radical (unpaired) electrons. The second-order valence-corrected chi connectivity index (χ2v) is 12.5. The number of para-hydroxylation sites is 1. The van der Waals surface area contributed by atoms with Gasteiger partial charge in [0.1, 0.15) is 10.6 Å². The van der Waals surface area contributed by atoms with Crippen molar-refractivity contribution >= 4 is 38.1 Å². The summed E-state index contributed by atoms with van der Waals surface area (Å²) in [5.41, 5.74) is 2.29. The van der Waals surface area contributed by atoms with Gasteiger partial charge in [0.2, 0.25) is 5.91 Å². The number of rotatable bonds is 8. The first-order chi connectivity index (χ1) is 16.3. The van der Waals surface area contributed by atoms with Crippen LogP contribution in [0.4, 0.5) is 10.8 Å². The van der Waals surface area contributed by atoms with E-state index in [1.165, 1.54) is 18.4 Å². The molecule has 0 aliphatic rings. The van der Waals surface area contributed by atoms with Gasteiger partial charge in [0.05, 0.1) is 23.4 Å². The Balaban J connectivity index is 1.99. The molecule has 0 atom stereocenters. The SMILES string of the molecule is COc1ccc(-c2sc(NC(=O)C(C)(C)C)nc2C)cc1S(=O)(=O)Nc1ccccc1CC(C)C. The molecule has 1 amide bonds. The molecule has 35 heavy (non-hydrogen) atoms. The number of ether oxygens (including phenoxy) is 1. The van der Waals surface area contributed by atoms with Crippen LogP contribution in [0.25, 0.3) is 10.4 Å². The lowest BCUT2D eigenvalue weighted by molar-refractivity contribution is -0.123. The Labute approximate surface area is 212 Å². The van der Waals surface area contributed by atoms with Crippen LogP contribution >= 0.6 is 11.3 Å². The molecule has 0 saturated heterocycles. The highest BCUT2D eigenvalue weighted by Crippen LogP contribution is 2.37. The van der Waals surface area contributed by atoms with Gasteiger partial charge in [-0.15, -0.1) is 0 Å². The van der Waals surface area contributed by atoms with Crippen molar-refractivity contribution in [2.24, 2.45) is 11.3 Å². The zero-order valence-electron chi connectivity index (χ0n) is 21.2. The number of aromatic nitrogens is 1. The van der Waals surface area contributed by atoms with Gasteiger partial charge in [0.25, 0.3) is 10.0 Å². The van der Waals surface area contributed by atoms with Gasteiger partial charge in [-0.05, 0) is 54.7 Å². The molecular formula is C26H33N3O4S2. The van der Waals surface area contributed by atoms with E-state index < -0.39 is 15.4 Å². The monoisotopic (exact) mass is 515 g/mol. The molecular weight excluding hydrogens is 482 g/mol. The van der Waals surface area contributed by atoms with Gasteiger partial charge in [-0.3, -0.25) is 9.52 Å². The van der Waals surface area contributed by atoms with E-state index in [4.69, 9.17) is 4.74 Å². The molecule has 0 bridgehead atoms. The summed E-state index contributed by atoms with van der Waals surface area (Å²) in [6.07, 6.45) is 0.749. The number of carbonyl (C=O) groups is 1. The maximum atomic E-state index is 13.5. The largest absolute Gasteiger partial charge is 0.495 e. The van der Waals surface area contributed by atoms with Crippen LogP contribution in [-0.4, -0.2) is 26.4 Å². The number of amides is 1. The van der Waals surface area contributed by atoms with Gasteiger partial charge in [-0.2, -0.15) is 0 Å². The van der Waals surface area contributed by atoms with Crippen LogP contribution < -0.4 is 14.8 Å². The molecule has 0 aliphatic carbocycles. The molecule has 9 heteroatoms. The number of benzene rings is 2. The highest BCUT2D eigenvalue weighted by Gasteiger charge is 2.25. The number of methoxy groups -OCH3 is 1. The highest BCUT2D eigenvalue weighted by atomic mass is 32.2. The van der Waals surface area contributed by atoms with Gasteiger partial charge in [-0.1, -0.05) is 64.2 Å². The van der Waals surface area contributed by atoms with Crippen molar-refractivity contribution in [1.82, 2.24) is 4.98 Å². The summed E-state index contributed by atoms with van der Waals surface area (Å²) in [5.74, 6) is 0.479. The van der Waals surface area contributed by atoms with Gasteiger partial charge in [-0.25, -0.2) is 13.4 Å². The standard InChI is InChI=1S/C26H33N3O4S2/c1-16(2)14-18-10-8-9-11-20(18)29-35(31,32)22-15-19(12-13-21(22)33-7)23-17(3)27-25(34-23)28-24(30)26(4,5)6/h8-13,15-16,29H,14H2,1-7H3,(H,27,28,30). The number of sulfonamides is 1. The average molecular weight is 516 g/mol. The second kappa shape index (κ2) is 10.4. The van der Waals surface area contributed by atoms with Crippen LogP contribution in [0.2, 0.25) is 0 Å². The van der Waals surface area contributed by atoms with Crippen LogP contribution in [0.15, 0.2) is 47.4 Å². The average Bonchev–Trinajstić information content (AvgIpc) is 3.13. The number of thiazole rings is 1. The first kappa shape index (κ1) is 26.7. The fraction of sp³-hybridized carbons (Fsp3) is 0.385. The minimum Gasteiger partial charge on any atom is -0.495 e. The van der Waals surface area contributed by atoms with E-state index >= 15 is 0 Å². The Kier molecular flexibility index (Phi) is 7.91. The molecule has 2 N–H and O–H groups in total. The first-order valence-corrected chi connectivity index (χ1v) is 13.7. The van der Waals surface area contributed by atoms with Crippen molar-refractivity contribution in [1.29, 1.82) is 0 Å². The topological polar surface area (TPSA) is 97.4 Å². The van der Waals surface area contributed by atoms with Crippen molar-refractivity contribution < 1.29 is 17.9 Å². The Morgan fingerprint density at radius 3 is 2.46 bits per heavy atom. The molecule has 0 aliphatic heterocycles. The zero-order valence-corrected chi connectivity index (χ0v) is 22.9. The zero-order chi connectivity index (χ0) is 26.0. The normalized spacial score (nSPS) is 12.0. The molecule has 7 nitrogen and oxygen atoms in total. The quantitative estimate of drug-likeness (QED) is 0.377. The fourth-order valence-electron chi connectivity index (χ4n) is 3.47. The van der Waals surface area contributed by atoms with E-state index in [9.17, 15) is 13.2 Å². The van der Waals surface area contributed by atoms with Crippen molar-refractivity contribution in [3.63, 3.8) is 0 Å². The predicted octanol–water partition coefficient (Wildman–Crippen LogP) is 6.11. The molecule has 188 valence electrons. The van der Waals surface area contributed by atoms with Crippen molar-refractivity contribution in [2.45, 2.75) is 52.9 Å². The highest BCUT2D eigenvalue weighted by molar-refractivity contribution is 7.92. The van der Waals surface area contributed by atoms with Crippen LogP contribution in [0, 0.1) is 18.3 Å². The molecule has 2 aromatic carbocycles. The van der Waals surface area contributed by atoms with Crippen LogP contribution in [-0.2, 0) is 21.2 Å². The Morgan fingerprint density at radius 1 is 1.14 bits per heavy atom. The second-order valence-electron chi connectivity index (χ2n) is 9.86. The lowest BCUT2D eigenvalue weighted by Crippen LogP contribution is -2.27. The number of hydrogen-bond acceptors (Lipinski definition) is 6. The van der Waals surface area contributed by atoms with E-state index in [1.54, 1.807) is 24.3 Å². The van der Waals surface area contributed by atoms with Gasteiger partial charge in [0.15, 0.2) is 5.13 Å². The first-order valence-electron chi connectivity index (χ1n) is 11.4. The third-order valence-electron chi connectivity index (χ3n) is 5.30. The number of anilines is 2. The maximum Gasteiger partial charge on any atom is 0.265 e. The summed E-state index contributed by atoms with van der Waals surface area (Å²) in [6.45, 7) is 11.5. The summed E-state index contributed by atoms with van der Waals surface area (Å²) >= 11 is 1.30. The minimum atomic E-state index is -3.95. The molecule has 0 unspecified atom stereocenters. The smallest absolute Gasteiger partial charge is 0.265 e. The summed E-state index contributed by atoms with van der Waals surface area (Å²) in [4.78, 5) is 17.7. The van der Waals surface area contributed by atoms with E-state index in [0.717, 1.165) is 16.9 Å². The van der Waals surface area contributed by atoms with Crippen molar-refractivity contribution in [3.05, 3.63) is 53.7 Å². The lowest BCUT2D eigenvalue weighted by Gasteiger charge is -2.16. The van der Waals surface area contributed by atoms with E-state index in [-0.39, 0.29) is 16.6 Å². The summed E-state index contributed by atoms with van der Waals surface area (Å²) in [6, 6.07) is 12.4. The molecule has 0 fully saturated rings. The van der Waals surface area contributed by atoms with E-state index in [0.29, 0.717) is 28.0 Å². The Bertz CT molecular complexity index is 1320. The number of hydrogen-bond donors (Lipinski definition) is 2. The van der Waals surface area contributed by atoms with Crippen molar-refractivity contribution in [3.8, 4) is 16.2 Å². The maximum absolute atomic E-state index is 13.5.